The Kier molecular flexibility index (Phi) is 3.72. The second-order valence-electron chi connectivity index (χ2n) is 5.76. The zero-order chi connectivity index (χ0) is 15.1. The molecule has 3 atom stereocenters. The van der Waals surface area contributed by atoms with Crippen molar-refractivity contribution in [1.82, 2.24) is 5.32 Å². The van der Waals surface area contributed by atoms with Gasteiger partial charge in [0.15, 0.2) is 0 Å². The predicted octanol–water partition coefficient (Wildman–Crippen LogP) is 2.85. The second kappa shape index (κ2) is 5.72. The van der Waals surface area contributed by atoms with Crippen LogP contribution >= 0.6 is 23.1 Å². The highest BCUT2D eigenvalue weighted by Crippen LogP contribution is 2.40. The van der Waals surface area contributed by atoms with Crippen LogP contribution in [0, 0.1) is 0 Å². The lowest BCUT2D eigenvalue weighted by Gasteiger charge is -2.25. The SMILES string of the molecule is O=C(N[C@H]1c2ccccc2C[C@H]1O)C1SCCc2sccc21. The second-order valence-corrected chi connectivity index (χ2v) is 7.97. The summed E-state index contributed by atoms with van der Waals surface area (Å²) in [4.78, 5) is 14.1. The summed E-state index contributed by atoms with van der Waals surface area (Å²) in [5.74, 6) is 1.00. The molecule has 1 aromatic heterocycles. The molecule has 0 bridgehead atoms. The molecule has 1 aliphatic carbocycles. The molecular formula is C17H17NO2S2. The Labute approximate surface area is 137 Å². The van der Waals surface area contributed by atoms with E-state index in [1.807, 2.05) is 24.3 Å². The van der Waals surface area contributed by atoms with E-state index in [0.717, 1.165) is 28.9 Å². The standard InChI is InChI=1S/C17H17NO2S2/c19-13-9-10-3-1-2-4-11(10)15(13)18-17(20)16-12-5-7-21-14(12)6-8-22-16/h1-5,7,13,15-16,19H,6,8-9H2,(H,18,20)/t13-,15+,16?/m1/s1. The molecule has 2 N–H and O–H groups in total. The highest BCUT2D eigenvalue weighted by molar-refractivity contribution is 8.00. The van der Waals surface area contributed by atoms with Crippen molar-refractivity contribution < 1.29 is 9.90 Å². The molecule has 0 spiro atoms. The van der Waals surface area contributed by atoms with Crippen molar-refractivity contribution in [2.45, 2.75) is 30.2 Å². The molecule has 3 nitrogen and oxygen atoms in total. The van der Waals surface area contributed by atoms with E-state index >= 15 is 0 Å². The summed E-state index contributed by atoms with van der Waals surface area (Å²) < 4.78 is 0. The van der Waals surface area contributed by atoms with Crippen molar-refractivity contribution in [3.8, 4) is 0 Å². The number of hydrogen-bond acceptors (Lipinski definition) is 4. The molecule has 2 aromatic rings. The minimum absolute atomic E-state index is 0.0186. The Balaban J connectivity index is 1.56. The molecule has 0 fully saturated rings. The van der Waals surface area contributed by atoms with Gasteiger partial charge < -0.3 is 10.4 Å². The monoisotopic (exact) mass is 331 g/mol. The molecule has 1 aliphatic heterocycles. The summed E-state index contributed by atoms with van der Waals surface area (Å²) in [6.07, 6.45) is 1.13. The van der Waals surface area contributed by atoms with Crippen LogP contribution in [0.3, 0.4) is 0 Å². The van der Waals surface area contributed by atoms with Gasteiger partial charge in [-0.25, -0.2) is 0 Å². The van der Waals surface area contributed by atoms with Crippen LogP contribution in [0.2, 0.25) is 0 Å². The van der Waals surface area contributed by atoms with Crippen molar-refractivity contribution in [2.75, 3.05) is 5.75 Å². The van der Waals surface area contributed by atoms with Crippen LogP contribution in [0.15, 0.2) is 35.7 Å². The highest BCUT2D eigenvalue weighted by Gasteiger charge is 2.35. The molecule has 22 heavy (non-hydrogen) atoms. The minimum atomic E-state index is -0.531. The maximum Gasteiger partial charge on any atom is 0.238 e. The zero-order valence-corrected chi connectivity index (χ0v) is 13.6. The third kappa shape index (κ3) is 2.37. The van der Waals surface area contributed by atoms with Crippen molar-refractivity contribution >= 4 is 29.0 Å². The van der Waals surface area contributed by atoms with Crippen LogP contribution < -0.4 is 5.32 Å². The van der Waals surface area contributed by atoms with Crippen molar-refractivity contribution in [3.63, 3.8) is 0 Å². The lowest BCUT2D eigenvalue weighted by Crippen LogP contribution is -2.37. The Hall–Kier alpha value is -1.30. The average Bonchev–Trinajstić information content (AvgIpc) is 3.12. The fraction of sp³-hybridized carbons (Fsp3) is 0.353. The smallest absolute Gasteiger partial charge is 0.238 e. The van der Waals surface area contributed by atoms with Crippen LogP contribution in [0.1, 0.15) is 32.9 Å². The van der Waals surface area contributed by atoms with E-state index in [1.54, 1.807) is 23.1 Å². The molecule has 0 saturated heterocycles. The minimum Gasteiger partial charge on any atom is -0.390 e. The van der Waals surface area contributed by atoms with Gasteiger partial charge in [-0.05, 0) is 40.3 Å². The summed E-state index contributed by atoms with van der Waals surface area (Å²) in [5.41, 5.74) is 3.34. The number of benzene rings is 1. The van der Waals surface area contributed by atoms with Gasteiger partial charge in [0.2, 0.25) is 5.91 Å². The van der Waals surface area contributed by atoms with E-state index < -0.39 is 6.10 Å². The number of thioether (sulfide) groups is 1. The molecule has 1 unspecified atom stereocenters. The van der Waals surface area contributed by atoms with Crippen molar-refractivity contribution in [2.24, 2.45) is 0 Å². The van der Waals surface area contributed by atoms with Gasteiger partial charge in [0, 0.05) is 11.3 Å². The van der Waals surface area contributed by atoms with E-state index in [2.05, 4.69) is 16.8 Å². The van der Waals surface area contributed by atoms with Crippen LogP contribution in [-0.2, 0) is 17.6 Å². The number of carbonyl (C=O) groups is 1. The first-order valence-corrected chi connectivity index (χ1v) is 9.41. The van der Waals surface area contributed by atoms with E-state index in [0.29, 0.717) is 6.42 Å². The topological polar surface area (TPSA) is 49.3 Å². The summed E-state index contributed by atoms with van der Waals surface area (Å²) >= 11 is 3.43. The van der Waals surface area contributed by atoms with Gasteiger partial charge in [0.25, 0.3) is 0 Å². The number of aliphatic hydroxyl groups is 1. The maximum atomic E-state index is 12.7. The highest BCUT2D eigenvalue weighted by atomic mass is 32.2. The summed E-state index contributed by atoms with van der Waals surface area (Å²) in [5, 5.41) is 15.3. The average molecular weight is 331 g/mol. The Morgan fingerprint density at radius 1 is 1.23 bits per heavy atom. The third-order valence-corrected chi connectivity index (χ3v) is 6.65. The zero-order valence-electron chi connectivity index (χ0n) is 12.0. The van der Waals surface area contributed by atoms with Gasteiger partial charge in [0.05, 0.1) is 12.1 Å². The number of fused-ring (bicyclic) bond motifs is 2. The summed E-state index contributed by atoms with van der Waals surface area (Å²) in [6, 6.07) is 9.74. The maximum absolute atomic E-state index is 12.7. The quantitative estimate of drug-likeness (QED) is 0.890. The molecule has 5 heteroatoms. The summed E-state index contributed by atoms with van der Waals surface area (Å²) in [6.45, 7) is 0. The molecule has 1 aromatic carbocycles. The fourth-order valence-corrected chi connectivity index (χ4v) is 5.64. The predicted molar refractivity (Wildman–Crippen MR) is 90.3 cm³/mol. The molecular weight excluding hydrogens is 314 g/mol. The van der Waals surface area contributed by atoms with Gasteiger partial charge in [-0.2, -0.15) is 0 Å². The van der Waals surface area contributed by atoms with Gasteiger partial charge >= 0.3 is 0 Å². The van der Waals surface area contributed by atoms with E-state index in [9.17, 15) is 9.90 Å². The first-order valence-electron chi connectivity index (χ1n) is 7.48. The van der Waals surface area contributed by atoms with E-state index in [-0.39, 0.29) is 17.2 Å². The largest absolute Gasteiger partial charge is 0.390 e. The van der Waals surface area contributed by atoms with Gasteiger partial charge in [-0.3, -0.25) is 4.79 Å². The fourth-order valence-electron chi connectivity index (χ4n) is 3.34. The summed E-state index contributed by atoms with van der Waals surface area (Å²) in [7, 11) is 0. The number of aryl methyl sites for hydroxylation is 1. The number of amides is 1. The number of thiophene rings is 1. The number of carbonyl (C=O) groups excluding carboxylic acids is 1. The molecule has 2 aliphatic rings. The van der Waals surface area contributed by atoms with Crippen LogP contribution in [-0.4, -0.2) is 22.9 Å². The molecule has 0 radical (unpaired) electrons. The van der Waals surface area contributed by atoms with Crippen molar-refractivity contribution in [3.05, 3.63) is 57.3 Å². The van der Waals surface area contributed by atoms with E-state index in [1.165, 1.54) is 4.88 Å². The van der Waals surface area contributed by atoms with Crippen molar-refractivity contribution in [1.29, 1.82) is 0 Å². The van der Waals surface area contributed by atoms with Crippen LogP contribution in [0.4, 0.5) is 0 Å². The molecule has 0 saturated carbocycles. The number of hydrogen-bond donors (Lipinski definition) is 2. The van der Waals surface area contributed by atoms with E-state index in [4.69, 9.17) is 0 Å². The lowest BCUT2D eigenvalue weighted by molar-refractivity contribution is -0.122. The Morgan fingerprint density at radius 2 is 2.09 bits per heavy atom. The van der Waals surface area contributed by atoms with Crippen LogP contribution in [0.5, 0.6) is 0 Å². The number of rotatable bonds is 2. The lowest BCUT2D eigenvalue weighted by atomic mass is 10.1. The molecule has 2 heterocycles. The first kappa shape index (κ1) is 14.3. The molecule has 114 valence electrons. The normalized spacial score (nSPS) is 26.3. The Morgan fingerprint density at radius 3 is 3.00 bits per heavy atom. The van der Waals surface area contributed by atoms with Crippen LogP contribution in [0.25, 0.3) is 0 Å². The van der Waals surface area contributed by atoms with Gasteiger partial charge in [-0.15, -0.1) is 23.1 Å². The first-order chi connectivity index (χ1) is 10.7. The Bertz CT molecular complexity index is 712. The molecule has 4 rings (SSSR count). The van der Waals surface area contributed by atoms with Gasteiger partial charge in [0.1, 0.15) is 5.25 Å². The number of nitrogens with one attached hydrogen (secondary N) is 1. The number of aliphatic hydroxyl groups excluding tert-OH is 1. The van der Waals surface area contributed by atoms with Gasteiger partial charge in [-0.1, -0.05) is 24.3 Å². The third-order valence-electron chi connectivity index (χ3n) is 4.42. The molecule has 1 amide bonds.